The summed E-state index contributed by atoms with van der Waals surface area (Å²) in [6.45, 7) is 6.30. The van der Waals surface area contributed by atoms with Crippen LogP contribution in [0.3, 0.4) is 0 Å². The van der Waals surface area contributed by atoms with Crippen LogP contribution in [0.2, 0.25) is 5.02 Å². The van der Waals surface area contributed by atoms with Crippen molar-refractivity contribution in [2.24, 2.45) is 0 Å². The molecule has 0 bridgehead atoms. The number of thioether (sulfide) groups is 1. The highest BCUT2D eigenvalue weighted by atomic mass is 35.5. The SMILES string of the molecule is CC[C@@H](C)NC(=O)[C@H](CC)N(Cc1ccc(OC)cc1)C(=O)CSCc1ccccc1Cl. The van der Waals surface area contributed by atoms with Crippen molar-refractivity contribution in [3.8, 4) is 5.75 Å². The average Bonchev–Trinajstić information content (AvgIpc) is 2.80. The molecule has 0 saturated carbocycles. The summed E-state index contributed by atoms with van der Waals surface area (Å²) in [5.74, 6) is 1.49. The van der Waals surface area contributed by atoms with Crippen LogP contribution in [-0.2, 0) is 21.9 Å². The summed E-state index contributed by atoms with van der Waals surface area (Å²) < 4.78 is 5.23. The Morgan fingerprint density at radius 3 is 2.38 bits per heavy atom. The molecule has 0 aliphatic heterocycles. The van der Waals surface area contributed by atoms with Gasteiger partial charge in [0, 0.05) is 23.4 Å². The third-order valence-corrected chi connectivity index (χ3v) is 6.67. The predicted molar refractivity (Wildman–Crippen MR) is 133 cm³/mol. The van der Waals surface area contributed by atoms with Gasteiger partial charge < -0.3 is 15.0 Å². The summed E-state index contributed by atoms with van der Waals surface area (Å²) >= 11 is 7.74. The highest BCUT2D eigenvalue weighted by Gasteiger charge is 2.29. The molecule has 2 aromatic carbocycles. The highest BCUT2D eigenvalue weighted by Crippen LogP contribution is 2.22. The first-order valence-corrected chi connectivity index (χ1v) is 12.5. The van der Waals surface area contributed by atoms with Gasteiger partial charge in [-0.1, -0.05) is 55.8 Å². The van der Waals surface area contributed by atoms with Gasteiger partial charge in [0.05, 0.1) is 12.9 Å². The van der Waals surface area contributed by atoms with E-state index in [1.165, 1.54) is 11.8 Å². The molecule has 2 aromatic rings. The zero-order valence-corrected chi connectivity index (χ0v) is 20.8. The maximum Gasteiger partial charge on any atom is 0.243 e. The number of carbonyl (C=O) groups excluding carboxylic acids is 2. The topological polar surface area (TPSA) is 58.6 Å². The third kappa shape index (κ3) is 7.75. The minimum Gasteiger partial charge on any atom is -0.497 e. The number of amides is 2. The van der Waals surface area contributed by atoms with Crippen molar-refractivity contribution in [2.45, 2.75) is 58.0 Å². The number of benzene rings is 2. The summed E-state index contributed by atoms with van der Waals surface area (Å²) in [6.07, 6.45) is 1.38. The number of hydrogen-bond donors (Lipinski definition) is 1. The van der Waals surface area contributed by atoms with E-state index in [-0.39, 0.29) is 23.6 Å². The number of methoxy groups -OCH3 is 1. The fourth-order valence-electron chi connectivity index (χ4n) is 3.23. The molecular weight excluding hydrogens is 444 g/mol. The molecule has 2 rings (SSSR count). The van der Waals surface area contributed by atoms with Crippen LogP contribution in [0.15, 0.2) is 48.5 Å². The number of nitrogens with zero attached hydrogens (tertiary/aromatic N) is 1. The molecular formula is C25H33ClN2O3S. The summed E-state index contributed by atoms with van der Waals surface area (Å²) in [5, 5.41) is 3.73. The molecule has 0 saturated heterocycles. The van der Waals surface area contributed by atoms with E-state index in [1.54, 1.807) is 12.0 Å². The fraction of sp³-hybridized carbons (Fsp3) is 0.440. The van der Waals surface area contributed by atoms with Crippen LogP contribution in [-0.4, -0.2) is 41.7 Å². The first-order chi connectivity index (χ1) is 15.4. The molecule has 0 aliphatic rings. The zero-order valence-electron chi connectivity index (χ0n) is 19.3. The van der Waals surface area contributed by atoms with E-state index in [4.69, 9.17) is 16.3 Å². The van der Waals surface area contributed by atoms with Gasteiger partial charge in [0.15, 0.2) is 0 Å². The second-order valence-electron chi connectivity index (χ2n) is 7.70. The molecule has 1 N–H and O–H groups in total. The van der Waals surface area contributed by atoms with Gasteiger partial charge in [0.1, 0.15) is 11.8 Å². The number of carbonyl (C=O) groups is 2. The molecule has 0 heterocycles. The van der Waals surface area contributed by atoms with Crippen molar-refractivity contribution < 1.29 is 14.3 Å². The highest BCUT2D eigenvalue weighted by molar-refractivity contribution is 7.99. The van der Waals surface area contributed by atoms with Gasteiger partial charge in [-0.05, 0) is 49.1 Å². The van der Waals surface area contributed by atoms with Crippen LogP contribution < -0.4 is 10.1 Å². The Hall–Kier alpha value is -2.18. The van der Waals surface area contributed by atoms with E-state index in [1.807, 2.05) is 69.3 Å². The molecule has 174 valence electrons. The normalized spacial score (nSPS) is 12.7. The van der Waals surface area contributed by atoms with Crippen LogP contribution in [0.25, 0.3) is 0 Å². The molecule has 0 spiro atoms. The quantitative estimate of drug-likeness (QED) is 0.451. The Balaban J connectivity index is 2.15. The lowest BCUT2D eigenvalue weighted by atomic mass is 10.1. The van der Waals surface area contributed by atoms with Gasteiger partial charge in [-0.25, -0.2) is 0 Å². The third-order valence-electron chi connectivity index (χ3n) is 5.34. The van der Waals surface area contributed by atoms with Gasteiger partial charge in [0.2, 0.25) is 11.8 Å². The molecule has 0 fully saturated rings. The van der Waals surface area contributed by atoms with Crippen molar-refractivity contribution in [3.05, 3.63) is 64.7 Å². The Morgan fingerprint density at radius 1 is 1.09 bits per heavy atom. The summed E-state index contributed by atoms with van der Waals surface area (Å²) in [7, 11) is 1.62. The van der Waals surface area contributed by atoms with Gasteiger partial charge in [-0.15, -0.1) is 11.8 Å². The van der Waals surface area contributed by atoms with Crippen molar-refractivity contribution >= 4 is 35.2 Å². The number of nitrogens with one attached hydrogen (secondary N) is 1. The number of hydrogen-bond acceptors (Lipinski definition) is 4. The Morgan fingerprint density at radius 2 is 1.78 bits per heavy atom. The van der Waals surface area contributed by atoms with E-state index in [0.717, 1.165) is 23.3 Å². The smallest absolute Gasteiger partial charge is 0.243 e. The van der Waals surface area contributed by atoms with Crippen LogP contribution in [0.1, 0.15) is 44.7 Å². The molecule has 2 atom stereocenters. The minimum absolute atomic E-state index is 0.0593. The molecule has 0 aliphatic carbocycles. The standard InChI is InChI=1S/C25H33ClN2O3S/c1-5-18(3)27-25(30)23(6-2)28(15-19-11-13-21(31-4)14-12-19)24(29)17-32-16-20-9-7-8-10-22(20)26/h7-14,18,23H,5-6,15-17H2,1-4H3,(H,27,30)/t18-,23+/m1/s1. The lowest BCUT2D eigenvalue weighted by Crippen LogP contribution is -2.51. The van der Waals surface area contributed by atoms with Crippen molar-refractivity contribution in [1.29, 1.82) is 0 Å². The van der Waals surface area contributed by atoms with Gasteiger partial charge in [0.25, 0.3) is 0 Å². The molecule has 0 aromatic heterocycles. The average molecular weight is 477 g/mol. The second kappa shape index (κ2) is 13.4. The van der Waals surface area contributed by atoms with E-state index < -0.39 is 6.04 Å². The van der Waals surface area contributed by atoms with Crippen molar-refractivity contribution in [1.82, 2.24) is 10.2 Å². The Kier molecular flexibility index (Phi) is 10.9. The molecule has 2 amide bonds. The van der Waals surface area contributed by atoms with Gasteiger partial charge >= 0.3 is 0 Å². The van der Waals surface area contributed by atoms with Crippen LogP contribution in [0, 0.1) is 0 Å². The van der Waals surface area contributed by atoms with E-state index in [9.17, 15) is 9.59 Å². The molecule has 7 heteroatoms. The minimum atomic E-state index is -0.528. The van der Waals surface area contributed by atoms with E-state index >= 15 is 0 Å². The van der Waals surface area contributed by atoms with Crippen molar-refractivity contribution in [3.63, 3.8) is 0 Å². The largest absolute Gasteiger partial charge is 0.497 e. The Labute approximate surface area is 200 Å². The number of halogens is 1. The molecule has 0 radical (unpaired) electrons. The first-order valence-electron chi connectivity index (χ1n) is 10.9. The molecule has 5 nitrogen and oxygen atoms in total. The van der Waals surface area contributed by atoms with E-state index in [2.05, 4.69) is 5.32 Å². The first kappa shape index (κ1) is 26.1. The summed E-state index contributed by atoms with van der Waals surface area (Å²) in [4.78, 5) is 27.9. The molecule has 32 heavy (non-hydrogen) atoms. The van der Waals surface area contributed by atoms with Gasteiger partial charge in [-0.2, -0.15) is 0 Å². The van der Waals surface area contributed by atoms with Crippen molar-refractivity contribution in [2.75, 3.05) is 12.9 Å². The lowest BCUT2D eigenvalue weighted by molar-refractivity contribution is -0.139. The van der Waals surface area contributed by atoms with Crippen LogP contribution >= 0.6 is 23.4 Å². The second-order valence-corrected chi connectivity index (χ2v) is 9.09. The fourth-order valence-corrected chi connectivity index (χ4v) is 4.43. The van der Waals surface area contributed by atoms with E-state index in [0.29, 0.717) is 23.7 Å². The summed E-state index contributed by atoms with van der Waals surface area (Å²) in [5.41, 5.74) is 1.94. The maximum atomic E-state index is 13.3. The van der Waals surface area contributed by atoms with Gasteiger partial charge in [-0.3, -0.25) is 9.59 Å². The Bertz CT molecular complexity index is 876. The number of rotatable bonds is 12. The van der Waals surface area contributed by atoms with Crippen LogP contribution in [0.5, 0.6) is 5.75 Å². The number of ether oxygens (including phenoxy) is 1. The van der Waals surface area contributed by atoms with Crippen LogP contribution in [0.4, 0.5) is 0 Å². The monoisotopic (exact) mass is 476 g/mol. The predicted octanol–water partition coefficient (Wildman–Crippen LogP) is 5.30. The maximum absolute atomic E-state index is 13.3. The lowest BCUT2D eigenvalue weighted by Gasteiger charge is -2.31. The molecule has 0 unspecified atom stereocenters. The zero-order chi connectivity index (χ0) is 23.5. The summed E-state index contributed by atoms with van der Waals surface area (Å²) in [6, 6.07) is 14.7.